The standard InChI is InChI=1S/C13H23N5O/c1-8(2)6-15-13(19)10(4)18-12-9(3)11(14-5)16-7-17-12/h7-8,10H,6H2,1-5H3,(H,15,19)(H2,14,16,17,18). The normalized spacial score (nSPS) is 12.1. The highest BCUT2D eigenvalue weighted by Gasteiger charge is 2.15. The minimum atomic E-state index is -0.336. The fourth-order valence-electron chi connectivity index (χ4n) is 1.58. The van der Waals surface area contributed by atoms with Crippen LogP contribution in [0.15, 0.2) is 6.33 Å². The Balaban J connectivity index is 2.66. The Hall–Kier alpha value is -1.85. The van der Waals surface area contributed by atoms with Crippen molar-refractivity contribution in [1.82, 2.24) is 15.3 Å². The van der Waals surface area contributed by atoms with Crippen LogP contribution in [0.1, 0.15) is 26.3 Å². The molecular weight excluding hydrogens is 242 g/mol. The molecule has 1 aromatic heterocycles. The Kier molecular flexibility index (Phi) is 5.54. The van der Waals surface area contributed by atoms with Crippen molar-refractivity contribution >= 4 is 17.5 Å². The Morgan fingerprint density at radius 2 is 1.89 bits per heavy atom. The maximum atomic E-state index is 11.9. The van der Waals surface area contributed by atoms with Crippen molar-refractivity contribution in [1.29, 1.82) is 0 Å². The zero-order valence-corrected chi connectivity index (χ0v) is 12.2. The lowest BCUT2D eigenvalue weighted by Gasteiger charge is -2.17. The van der Waals surface area contributed by atoms with E-state index in [1.54, 1.807) is 7.05 Å². The molecule has 1 aromatic rings. The van der Waals surface area contributed by atoms with Crippen LogP contribution in [0.5, 0.6) is 0 Å². The summed E-state index contributed by atoms with van der Waals surface area (Å²) in [6.45, 7) is 8.52. The quantitative estimate of drug-likeness (QED) is 0.724. The Morgan fingerprint density at radius 3 is 2.47 bits per heavy atom. The van der Waals surface area contributed by atoms with Gasteiger partial charge in [-0.2, -0.15) is 0 Å². The molecule has 6 heteroatoms. The second kappa shape index (κ2) is 6.92. The van der Waals surface area contributed by atoms with Gasteiger partial charge in [-0.1, -0.05) is 13.8 Å². The molecule has 106 valence electrons. The summed E-state index contributed by atoms with van der Waals surface area (Å²) in [5.74, 6) is 1.84. The third-order valence-corrected chi connectivity index (χ3v) is 2.75. The van der Waals surface area contributed by atoms with Crippen LogP contribution < -0.4 is 16.0 Å². The van der Waals surface area contributed by atoms with Gasteiger partial charge in [0.15, 0.2) is 0 Å². The molecule has 1 heterocycles. The molecule has 0 aliphatic rings. The minimum absolute atomic E-state index is 0.0299. The third-order valence-electron chi connectivity index (χ3n) is 2.75. The van der Waals surface area contributed by atoms with Gasteiger partial charge in [0.25, 0.3) is 0 Å². The fourth-order valence-corrected chi connectivity index (χ4v) is 1.58. The van der Waals surface area contributed by atoms with Crippen LogP contribution in [-0.2, 0) is 4.79 Å². The number of nitrogens with one attached hydrogen (secondary N) is 3. The van der Waals surface area contributed by atoms with E-state index in [9.17, 15) is 4.79 Å². The summed E-state index contributed by atoms with van der Waals surface area (Å²) >= 11 is 0. The number of amides is 1. The number of carbonyl (C=O) groups excluding carboxylic acids is 1. The van der Waals surface area contributed by atoms with E-state index in [4.69, 9.17) is 0 Å². The molecule has 0 spiro atoms. The smallest absolute Gasteiger partial charge is 0.242 e. The molecule has 0 aliphatic carbocycles. The molecule has 1 unspecified atom stereocenters. The molecule has 0 saturated heterocycles. The highest BCUT2D eigenvalue weighted by molar-refractivity contribution is 5.84. The van der Waals surface area contributed by atoms with E-state index in [0.29, 0.717) is 18.3 Å². The predicted molar refractivity (Wildman–Crippen MR) is 77.2 cm³/mol. The highest BCUT2D eigenvalue weighted by atomic mass is 16.2. The Bertz CT molecular complexity index is 433. The first kappa shape index (κ1) is 15.2. The maximum Gasteiger partial charge on any atom is 0.242 e. The van der Waals surface area contributed by atoms with Gasteiger partial charge in [0, 0.05) is 19.2 Å². The molecule has 1 amide bonds. The van der Waals surface area contributed by atoms with Crippen molar-refractivity contribution in [2.45, 2.75) is 33.7 Å². The minimum Gasteiger partial charge on any atom is -0.373 e. The van der Waals surface area contributed by atoms with Gasteiger partial charge in [0.05, 0.1) is 0 Å². The Labute approximate surface area is 114 Å². The molecule has 1 atom stereocenters. The molecule has 0 bridgehead atoms. The van der Waals surface area contributed by atoms with E-state index in [1.807, 2.05) is 13.8 Å². The van der Waals surface area contributed by atoms with Gasteiger partial charge in [-0.25, -0.2) is 9.97 Å². The van der Waals surface area contributed by atoms with Crippen LogP contribution in [0.4, 0.5) is 11.6 Å². The van der Waals surface area contributed by atoms with Crippen molar-refractivity contribution in [3.05, 3.63) is 11.9 Å². The molecule has 3 N–H and O–H groups in total. The highest BCUT2D eigenvalue weighted by Crippen LogP contribution is 2.18. The van der Waals surface area contributed by atoms with Crippen LogP contribution in [0.25, 0.3) is 0 Å². The first-order valence-corrected chi connectivity index (χ1v) is 6.49. The summed E-state index contributed by atoms with van der Waals surface area (Å²) in [5.41, 5.74) is 0.897. The van der Waals surface area contributed by atoms with Crippen LogP contribution in [0.3, 0.4) is 0 Å². The number of aromatic nitrogens is 2. The van der Waals surface area contributed by atoms with E-state index in [1.165, 1.54) is 6.33 Å². The van der Waals surface area contributed by atoms with Gasteiger partial charge in [-0.05, 0) is 19.8 Å². The maximum absolute atomic E-state index is 11.9. The van der Waals surface area contributed by atoms with Crippen LogP contribution in [0.2, 0.25) is 0 Å². The van der Waals surface area contributed by atoms with Crippen LogP contribution >= 0.6 is 0 Å². The number of nitrogens with zero attached hydrogens (tertiary/aromatic N) is 2. The lowest BCUT2D eigenvalue weighted by atomic mass is 10.2. The summed E-state index contributed by atoms with van der Waals surface area (Å²) in [4.78, 5) is 20.2. The van der Waals surface area contributed by atoms with Gasteiger partial charge < -0.3 is 16.0 Å². The van der Waals surface area contributed by atoms with Crippen molar-refractivity contribution in [3.8, 4) is 0 Å². The van der Waals surface area contributed by atoms with Crippen molar-refractivity contribution in [3.63, 3.8) is 0 Å². The molecular formula is C13H23N5O. The third kappa shape index (κ3) is 4.39. The largest absolute Gasteiger partial charge is 0.373 e. The van der Waals surface area contributed by atoms with Gasteiger partial charge >= 0.3 is 0 Å². The molecule has 0 radical (unpaired) electrons. The fraction of sp³-hybridized carbons (Fsp3) is 0.615. The number of carbonyl (C=O) groups is 1. The van der Waals surface area contributed by atoms with Gasteiger partial charge in [-0.3, -0.25) is 4.79 Å². The molecule has 19 heavy (non-hydrogen) atoms. The lowest BCUT2D eigenvalue weighted by molar-refractivity contribution is -0.121. The Morgan fingerprint density at radius 1 is 1.26 bits per heavy atom. The van der Waals surface area contributed by atoms with E-state index in [0.717, 1.165) is 11.4 Å². The average Bonchev–Trinajstić information content (AvgIpc) is 2.38. The van der Waals surface area contributed by atoms with Gasteiger partial charge in [0.2, 0.25) is 5.91 Å². The first-order chi connectivity index (χ1) is 8.95. The summed E-state index contributed by atoms with van der Waals surface area (Å²) in [5, 5.41) is 8.98. The molecule has 0 saturated carbocycles. The number of anilines is 2. The van der Waals surface area contributed by atoms with Crippen molar-refractivity contribution in [2.75, 3.05) is 24.2 Å². The molecule has 6 nitrogen and oxygen atoms in total. The van der Waals surface area contributed by atoms with E-state index >= 15 is 0 Å². The second-order valence-electron chi connectivity index (χ2n) is 4.95. The summed E-state index contributed by atoms with van der Waals surface area (Å²) < 4.78 is 0. The average molecular weight is 265 g/mol. The number of hydrogen-bond acceptors (Lipinski definition) is 5. The van der Waals surface area contributed by atoms with Crippen LogP contribution in [0, 0.1) is 12.8 Å². The topological polar surface area (TPSA) is 78.9 Å². The molecule has 1 rings (SSSR count). The number of rotatable bonds is 6. The monoisotopic (exact) mass is 265 g/mol. The van der Waals surface area contributed by atoms with E-state index in [-0.39, 0.29) is 11.9 Å². The van der Waals surface area contributed by atoms with Crippen LogP contribution in [-0.4, -0.2) is 35.5 Å². The first-order valence-electron chi connectivity index (χ1n) is 6.49. The molecule has 0 aliphatic heterocycles. The zero-order valence-electron chi connectivity index (χ0n) is 12.2. The SMILES string of the molecule is CNc1ncnc(NC(C)C(=O)NCC(C)C)c1C. The number of hydrogen-bond donors (Lipinski definition) is 3. The summed E-state index contributed by atoms with van der Waals surface area (Å²) in [6.07, 6.45) is 1.47. The van der Waals surface area contributed by atoms with E-state index in [2.05, 4.69) is 39.8 Å². The van der Waals surface area contributed by atoms with Gasteiger partial charge in [0.1, 0.15) is 24.0 Å². The molecule has 0 fully saturated rings. The summed E-state index contributed by atoms with van der Waals surface area (Å²) in [6, 6.07) is -0.336. The predicted octanol–water partition coefficient (Wildman–Crippen LogP) is 1.40. The molecule has 0 aromatic carbocycles. The second-order valence-corrected chi connectivity index (χ2v) is 4.95. The lowest BCUT2D eigenvalue weighted by Crippen LogP contribution is -2.39. The zero-order chi connectivity index (χ0) is 14.4. The van der Waals surface area contributed by atoms with E-state index < -0.39 is 0 Å². The van der Waals surface area contributed by atoms with Crippen molar-refractivity contribution in [2.24, 2.45) is 5.92 Å². The summed E-state index contributed by atoms with van der Waals surface area (Å²) in [7, 11) is 1.80. The van der Waals surface area contributed by atoms with Crippen molar-refractivity contribution < 1.29 is 4.79 Å². The van der Waals surface area contributed by atoms with Gasteiger partial charge in [-0.15, -0.1) is 0 Å².